The lowest BCUT2D eigenvalue weighted by atomic mass is 9.51. The molecule has 0 radical (unpaired) electrons. The lowest BCUT2D eigenvalue weighted by Crippen LogP contribution is -2.66. The molecule has 0 aromatic carbocycles. The van der Waals surface area contributed by atoms with Gasteiger partial charge in [-0.2, -0.15) is 5.26 Å². The van der Waals surface area contributed by atoms with Gasteiger partial charge in [0.1, 0.15) is 24.4 Å². The van der Waals surface area contributed by atoms with Crippen LogP contribution in [0.1, 0.15) is 57.1 Å². The van der Waals surface area contributed by atoms with Crippen LogP contribution < -0.4 is 10.6 Å². The first-order valence-corrected chi connectivity index (χ1v) is 16.2. The van der Waals surface area contributed by atoms with Gasteiger partial charge in [-0.25, -0.2) is 4.68 Å². The zero-order valence-electron chi connectivity index (χ0n) is 25.8. The van der Waals surface area contributed by atoms with Gasteiger partial charge in [-0.3, -0.25) is 4.79 Å². The fourth-order valence-corrected chi connectivity index (χ4v) is 8.26. The first kappa shape index (κ1) is 34.1. The van der Waals surface area contributed by atoms with Crippen molar-refractivity contribution in [2.75, 3.05) is 46.1 Å². The van der Waals surface area contributed by atoms with Gasteiger partial charge in [-0.05, 0) is 63.2 Å². The van der Waals surface area contributed by atoms with E-state index in [-0.39, 0.29) is 42.7 Å². The van der Waals surface area contributed by atoms with Gasteiger partial charge in [0.15, 0.2) is 0 Å². The third-order valence-electron chi connectivity index (χ3n) is 10.0. The fraction of sp³-hybridized carbons (Fsp3) is 0.867. The van der Waals surface area contributed by atoms with E-state index in [4.69, 9.17) is 14.6 Å². The first-order chi connectivity index (χ1) is 21.6. The quantitative estimate of drug-likeness (QED) is 0.0872. The summed E-state index contributed by atoms with van der Waals surface area (Å²) in [5.74, 6) is 1.23. The predicted octanol–water partition coefficient (Wildman–Crippen LogP) is -1.97. The lowest BCUT2D eigenvalue weighted by Gasteiger charge is -2.62. The molecule has 15 heteroatoms. The van der Waals surface area contributed by atoms with E-state index in [9.17, 15) is 30.5 Å². The second-order valence-electron chi connectivity index (χ2n) is 13.5. The van der Waals surface area contributed by atoms with Gasteiger partial charge in [-0.15, -0.1) is 5.10 Å². The van der Waals surface area contributed by atoms with Gasteiger partial charge in [0.2, 0.25) is 5.91 Å². The molecule has 4 saturated carbocycles. The third-order valence-corrected chi connectivity index (χ3v) is 10.0. The summed E-state index contributed by atoms with van der Waals surface area (Å²) < 4.78 is 14.0. The number of nitrogens with zero attached hydrogens (tertiary/aromatic N) is 5. The van der Waals surface area contributed by atoms with Gasteiger partial charge in [0, 0.05) is 31.4 Å². The van der Waals surface area contributed by atoms with Crippen molar-refractivity contribution >= 4 is 5.91 Å². The monoisotopic (exact) mass is 635 g/mol. The molecule has 1 aromatic rings. The Morgan fingerprint density at radius 2 is 1.87 bits per heavy atom. The number of nitriles is 1. The SMILES string of the molecule is N#C[C@@H]1CCCN1C(=O)CNC12CC3C[C@@H](C1)CC(OCCOCCn1cc(CNCC(O)[C@@H](O)[C@H](O)[C@H](O)CO)nn1)(C3)C2. The van der Waals surface area contributed by atoms with E-state index in [1.807, 2.05) is 0 Å². The number of aromatic nitrogens is 3. The summed E-state index contributed by atoms with van der Waals surface area (Å²) in [6.45, 7) is 2.31. The maximum absolute atomic E-state index is 12.9. The molecule has 45 heavy (non-hydrogen) atoms. The highest BCUT2D eigenvalue weighted by molar-refractivity contribution is 5.79. The van der Waals surface area contributed by atoms with Crippen molar-refractivity contribution in [1.82, 2.24) is 30.5 Å². The molecule has 1 aromatic heterocycles. The van der Waals surface area contributed by atoms with Crippen molar-refractivity contribution in [3.8, 4) is 6.07 Å². The zero-order valence-corrected chi connectivity index (χ0v) is 25.8. The Labute approximate surface area is 263 Å². The molecule has 5 fully saturated rings. The maximum atomic E-state index is 12.9. The van der Waals surface area contributed by atoms with Crippen LogP contribution in [0.5, 0.6) is 0 Å². The van der Waals surface area contributed by atoms with Crippen LogP contribution in [0.3, 0.4) is 0 Å². The van der Waals surface area contributed by atoms with Gasteiger partial charge < -0.3 is 50.5 Å². The van der Waals surface area contributed by atoms with E-state index >= 15 is 0 Å². The van der Waals surface area contributed by atoms with Crippen LogP contribution in [0.15, 0.2) is 6.20 Å². The molecule has 15 nitrogen and oxygen atoms in total. The summed E-state index contributed by atoms with van der Waals surface area (Å²) >= 11 is 0. The molecule has 1 saturated heterocycles. The van der Waals surface area contributed by atoms with Gasteiger partial charge >= 0.3 is 0 Å². The summed E-state index contributed by atoms with van der Waals surface area (Å²) in [5.41, 5.74) is 0.358. The smallest absolute Gasteiger partial charge is 0.237 e. The van der Waals surface area contributed by atoms with E-state index in [0.717, 1.165) is 44.9 Å². The Morgan fingerprint density at radius 3 is 2.60 bits per heavy atom. The number of hydrogen-bond acceptors (Lipinski definition) is 13. The Hall–Kier alpha value is -2.26. The number of nitrogens with one attached hydrogen (secondary N) is 2. The number of amides is 1. The van der Waals surface area contributed by atoms with Crippen molar-refractivity contribution in [1.29, 1.82) is 5.26 Å². The zero-order chi connectivity index (χ0) is 32.0. The lowest BCUT2D eigenvalue weighted by molar-refractivity contribution is -0.182. The predicted molar refractivity (Wildman–Crippen MR) is 158 cm³/mol. The summed E-state index contributed by atoms with van der Waals surface area (Å²) in [4.78, 5) is 14.6. The standard InChI is InChI=1S/C30H49N7O8/c31-13-23-2-1-3-37(23)26(41)16-33-29-9-20-8-21(10-29)12-30(11-20,19-29)45-7-6-44-5-4-36-17-22(34-35-36)14-32-15-24(39)27(42)28(43)25(40)18-38/h17,20-21,23-25,27-28,32-33,38-40,42-43H,1-12,14-16,18-19H2/t20-,21?,23-,24?,25+,27+,28+,29?,30?/m0/s1. The van der Waals surface area contributed by atoms with Crippen LogP contribution in [0.4, 0.5) is 0 Å². The summed E-state index contributed by atoms with van der Waals surface area (Å²) in [6.07, 6.45) is 3.63. The number of rotatable bonds is 18. The van der Waals surface area contributed by atoms with E-state index < -0.39 is 31.0 Å². The Bertz CT molecular complexity index is 1150. The minimum atomic E-state index is -1.67. The topological polar surface area (TPSA) is 218 Å². The highest BCUT2D eigenvalue weighted by atomic mass is 16.5. The van der Waals surface area contributed by atoms with E-state index in [2.05, 4.69) is 27.0 Å². The van der Waals surface area contributed by atoms with Crippen molar-refractivity contribution < 1.29 is 39.8 Å². The van der Waals surface area contributed by atoms with Crippen LogP contribution in [0, 0.1) is 23.2 Å². The molecule has 4 unspecified atom stereocenters. The molecule has 1 aliphatic heterocycles. The summed E-state index contributed by atoms with van der Waals surface area (Å²) in [7, 11) is 0. The molecule has 4 bridgehead atoms. The van der Waals surface area contributed by atoms with Crippen LogP contribution in [0.25, 0.3) is 0 Å². The molecule has 0 spiro atoms. The number of carbonyl (C=O) groups excluding carboxylic acids is 1. The second-order valence-corrected chi connectivity index (χ2v) is 13.5. The van der Waals surface area contributed by atoms with E-state index in [0.29, 0.717) is 50.4 Å². The third kappa shape index (κ3) is 8.37. The summed E-state index contributed by atoms with van der Waals surface area (Å²) in [5, 5.41) is 72.0. The van der Waals surface area contributed by atoms with E-state index in [1.54, 1.807) is 15.8 Å². The second kappa shape index (κ2) is 15.1. The Morgan fingerprint density at radius 1 is 1.11 bits per heavy atom. The Kier molecular flexibility index (Phi) is 11.4. The molecule has 6 rings (SSSR count). The summed E-state index contributed by atoms with van der Waals surface area (Å²) in [6, 6.07) is 1.97. The van der Waals surface area contributed by atoms with Crippen LogP contribution in [0.2, 0.25) is 0 Å². The minimum Gasteiger partial charge on any atom is -0.394 e. The van der Waals surface area contributed by atoms with Gasteiger partial charge in [0.05, 0.1) is 63.0 Å². The molecule has 2 heterocycles. The van der Waals surface area contributed by atoms with Crippen LogP contribution in [-0.4, -0.2) is 139 Å². The average Bonchev–Trinajstić information content (AvgIpc) is 3.69. The molecule has 7 N–H and O–H groups in total. The van der Waals surface area contributed by atoms with Crippen molar-refractivity contribution in [2.24, 2.45) is 11.8 Å². The molecular weight excluding hydrogens is 586 g/mol. The van der Waals surface area contributed by atoms with E-state index in [1.165, 1.54) is 6.42 Å². The number of likely N-dealkylation sites (tertiary alicyclic amines) is 1. The molecule has 5 aliphatic rings. The number of hydrogen-bond donors (Lipinski definition) is 7. The van der Waals surface area contributed by atoms with Crippen molar-refractivity contribution in [3.63, 3.8) is 0 Å². The van der Waals surface area contributed by atoms with Gasteiger partial charge in [0.25, 0.3) is 0 Å². The maximum Gasteiger partial charge on any atom is 0.237 e. The number of carbonyl (C=O) groups is 1. The first-order valence-electron chi connectivity index (χ1n) is 16.2. The Balaban J connectivity index is 0.985. The van der Waals surface area contributed by atoms with Crippen LogP contribution >= 0.6 is 0 Å². The van der Waals surface area contributed by atoms with Crippen molar-refractivity contribution in [3.05, 3.63) is 11.9 Å². The fourth-order valence-electron chi connectivity index (χ4n) is 8.26. The largest absolute Gasteiger partial charge is 0.394 e. The number of ether oxygens (including phenoxy) is 2. The normalized spacial score (nSPS) is 31.6. The molecular formula is C30H49N7O8. The van der Waals surface area contributed by atoms with Crippen LogP contribution in [-0.2, 0) is 27.4 Å². The number of aliphatic hydroxyl groups excluding tert-OH is 5. The molecule has 252 valence electrons. The minimum absolute atomic E-state index is 0.0279. The molecule has 9 atom stereocenters. The average molecular weight is 636 g/mol. The number of aliphatic hydroxyl groups is 5. The highest BCUT2D eigenvalue weighted by Gasteiger charge is 2.58. The molecule has 4 aliphatic carbocycles. The van der Waals surface area contributed by atoms with Crippen molar-refractivity contribution in [2.45, 2.75) is 106 Å². The van der Waals surface area contributed by atoms with Gasteiger partial charge in [-0.1, -0.05) is 5.21 Å². The molecule has 1 amide bonds. The highest BCUT2D eigenvalue weighted by Crippen LogP contribution is 2.58.